The SMILES string of the molecule is CCn1c(=O)[nH]c2cc(C(=O)NC3CCNC3)ccc2c1=O.Cl. The number of H-pyrrole nitrogens is 1. The van der Waals surface area contributed by atoms with Crippen molar-refractivity contribution in [3.63, 3.8) is 0 Å². The van der Waals surface area contributed by atoms with Gasteiger partial charge in [0.25, 0.3) is 11.5 Å². The maximum absolute atomic E-state index is 12.2. The van der Waals surface area contributed by atoms with Gasteiger partial charge in [-0.15, -0.1) is 12.4 Å². The monoisotopic (exact) mass is 338 g/mol. The number of nitrogens with zero attached hydrogens (tertiary/aromatic N) is 1. The lowest BCUT2D eigenvalue weighted by Crippen LogP contribution is -2.36. The number of nitrogens with one attached hydrogen (secondary N) is 3. The van der Waals surface area contributed by atoms with Crippen LogP contribution in [0.15, 0.2) is 27.8 Å². The van der Waals surface area contributed by atoms with Crippen molar-refractivity contribution in [2.45, 2.75) is 25.9 Å². The third-order valence-electron chi connectivity index (χ3n) is 3.96. The zero-order valence-corrected chi connectivity index (χ0v) is 13.5. The number of rotatable bonds is 3. The van der Waals surface area contributed by atoms with Crippen LogP contribution in [0.5, 0.6) is 0 Å². The van der Waals surface area contributed by atoms with E-state index in [1.807, 2.05) is 0 Å². The van der Waals surface area contributed by atoms with E-state index < -0.39 is 5.69 Å². The van der Waals surface area contributed by atoms with E-state index in [4.69, 9.17) is 0 Å². The molecule has 1 aromatic carbocycles. The maximum Gasteiger partial charge on any atom is 0.328 e. The highest BCUT2D eigenvalue weighted by Gasteiger charge is 2.18. The van der Waals surface area contributed by atoms with Crippen LogP contribution >= 0.6 is 12.4 Å². The van der Waals surface area contributed by atoms with Crippen LogP contribution in [0.3, 0.4) is 0 Å². The van der Waals surface area contributed by atoms with Crippen LogP contribution in [0.25, 0.3) is 10.9 Å². The molecule has 0 spiro atoms. The Kier molecular flexibility index (Phi) is 5.23. The molecule has 7 nitrogen and oxygen atoms in total. The lowest BCUT2D eigenvalue weighted by atomic mass is 10.1. The summed E-state index contributed by atoms with van der Waals surface area (Å²) in [7, 11) is 0. The van der Waals surface area contributed by atoms with Gasteiger partial charge in [0, 0.05) is 24.7 Å². The molecule has 1 saturated heterocycles. The van der Waals surface area contributed by atoms with Gasteiger partial charge in [0.05, 0.1) is 10.9 Å². The van der Waals surface area contributed by atoms with Crippen molar-refractivity contribution in [2.24, 2.45) is 0 Å². The molecule has 0 radical (unpaired) electrons. The van der Waals surface area contributed by atoms with E-state index in [0.717, 1.165) is 24.1 Å². The lowest BCUT2D eigenvalue weighted by molar-refractivity contribution is 0.0940. The molecular weight excluding hydrogens is 320 g/mol. The fourth-order valence-corrected chi connectivity index (χ4v) is 2.73. The van der Waals surface area contributed by atoms with Gasteiger partial charge >= 0.3 is 5.69 Å². The minimum Gasteiger partial charge on any atom is -0.348 e. The fraction of sp³-hybridized carbons (Fsp3) is 0.400. The molecule has 1 aliphatic heterocycles. The Morgan fingerprint density at radius 3 is 2.83 bits per heavy atom. The summed E-state index contributed by atoms with van der Waals surface area (Å²) < 4.78 is 1.13. The summed E-state index contributed by atoms with van der Waals surface area (Å²) in [5.41, 5.74) is 0.0198. The van der Waals surface area contributed by atoms with Crippen molar-refractivity contribution in [1.82, 2.24) is 20.2 Å². The van der Waals surface area contributed by atoms with Crippen LogP contribution in [0.4, 0.5) is 0 Å². The minimum absolute atomic E-state index is 0. The second kappa shape index (κ2) is 6.97. The first-order chi connectivity index (χ1) is 10.6. The highest BCUT2D eigenvalue weighted by molar-refractivity contribution is 5.97. The molecule has 0 bridgehead atoms. The number of aromatic nitrogens is 2. The van der Waals surface area contributed by atoms with E-state index in [1.54, 1.807) is 25.1 Å². The summed E-state index contributed by atoms with van der Waals surface area (Å²) >= 11 is 0. The maximum atomic E-state index is 12.2. The van der Waals surface area contributed by atoms with Crippen LogP contribution < -0.4 is 21.9 Å². The van der Waals surface area contributed by atoms with Gasteiger partial charge in [-0.3, -0.25) is 14.2 Å². The van der Waals surface area contributed by atoms with Gasteiger partial charge in [-0.2, -0.15) is 0 Å². The number of halogens is 1. The Balaban J connectivity index is 0.00000192. The van der Waals surface area contributed by atoms with Gasteiger partial charge in [0.2, 0.25) is 0 Å². The molecule has 1 aromatic heterocycles. The van der Waals surface area contributed by atoms with E-state index >= 15 is 0 Å². The van der Waals surface area contributed by atoms with Crippen LogP contribution in [0, 0.1) is 0 Å². The molecule has 8 heteroatoms. The second-order valence-electron chi connectivity index (χ2n) is 5.40. The van der Waals surface area contributed by atoms with Crippen LogP contribution in [-0.4, -0.2) is 34.6 Å². The summed E-state index contributed by atoms with van der Waals surface area (Å²) in [6.07, 6.45) is 0.900. The third-order valence-corrected chi connectivity index (χ3v) is 3.96. The Bertz CT molecular complexity index is 837. The molecule has 2 heterocycles. The van der Waals surface area contributed by atoms with Crippen LogP contribution in [0.1, 0.15) is 23.7 Å². The average molecular weight is 339 g/mol. The largest absolute Gasteiger partial charge is 0.348 e. The van der Waals surface area contributed by atoms with E-state index in [0.29, 0.717) is 23.0 Å². The van der Waals surface area contributed by atoms with Crippen molar-refractivity contribution >= 4 is 29.2 Å². The lowest BCUT2D eigenvalue weighted by Gasteiger charge is -2.11. The third kappa shape index (κ3) is 3.30. The van der Waals surface area contributed by atoms with Crippen LogP contribution in [0.2, 0.25) is 0 Å². The van der Waals surface area contributed by atoms with Crippen molar-refractivity contribution < 1.29 is 4.79 Å². The first kappa shape index (κ1) is 17.2. The zero-order valence-electron chi connectivity index (χ0n) is 12.7. The topological polar surface area (TPSA) is 96.0 Å². The molecule has 1 atom stereocenters. The number of aromatic amines is 1. The van der Waals surface area contributed by atoms with Gasteiger partial charge in [-0.1, -0.05) is 0 Å². The molecule has 1 amide bonds. The first-order valence-corrected chi connectivity index (χ1v) is 7.38. The van der Waals surface area contributed by atoms with Crippen molar-refractivity contribution in [1.29, 1.82) is 0 Å². The molecule has 1 aliphatic rings. The molecule has 3 N–H and O–H groups in total. The number of benzene rings is 1. The van der Waals surface area contributed by atoms with Crippen molar-refractivity contribution in [2.75, 3.05) is 13.1 Å². The summed E-state index contributed by atoms with van der Waals surface area (Å²) in [5, 5.41) is 6.52. The average Bonchev–Trinajstić information content (AvgIpc) is 3.00. The van der Waals surface area contributed by atoms with E-state index in [-0.39, 0.29) is 29.9 Å². The molecule has 23 heavy (non-hydrogen) atoms. The van der Waals surface area contributed by atoms with E-state index in [9.17, 15) is 14.4 Å². The molecule has 0 aliphatic carbocycles. The summed E-state index contributed by atoms with van der Waals surface area (Å²) in [5.74, 6) is -0.198. The molecular formula is C15H19ClN4O3. The second-order valence-corrected chi connectivity index (χ2v) is 5.40. The predicted molar refractivity (Wildman–Crippen MR) is 90.5 cm³/mol. The summed E-state index contributed by atoms with van der Waals surface area (Å²) in [6, 6.07) is 4.87. The molecule has 3 rings (SSSR count). The fourth-order valence-electron chi connectivity index (χ4n) is 2.73. The van der Waals surface area contributed by atoms with Gasteiger partial charge in [0.1, 0.15) is 0 Å². The van der Waals surface area contributed by atoms with Gasteiger partial charge in [0.15, 0.2) is 0 Å². The summed E-state index contributed by atoms with van der Waals surface area (Å²) in [6.45, 7) is 3.70. The molecule has 2 aromatic rings. The zero-order chi connectivity index (χ0) is 15.7. The Morgan fingerprint density at radius 1 is 1.39 bits per heavy atom. The van der Waals surface area contributed by atoms with Gasteiger partial charge < -0.3 is 15.6 Å². The number of fused-ring (bicyclic) bond motifs is 1. The van der Waals surface area contributed by atoms with E-state index in [2.05, 4.69) is 15.6 Å². The summed E-state index contributed by atoms with van der Waals surface area (Å²) in [4.78, 5) is 38.9. The smallest absolute Gasteiger partial charge is 0.328 e. The van der Waals surface area contributed by atoms with E-state index in [1.165, 1.54) is 0 Å². The molecule has 1 fully saturated rings. The van der Waals surface area contributed by atoms with Gasteiger partial charge in [-0.25, -0.2) is 4.79 Å². The molecule has 0 saturated carbocycles. The highest BCUT2D eigenvalue weighted by atomic mass is 35.5. The Hall–Kier alpha value is -2.12. The number of hydrogen-bond acceptors (Lipinski definition) is 4. The number of hydrogen-bond donors (Lipinski definition) is 3. The van der Waals surface area contributed by atoms with Crippen molar-refractivity contribution in [3.8, 4) is 0 Å². The number of carbonyl (C=O) groups is 1. The Labute approximate surface area is 138 Å². The molecule has 124 valence electrons. The van der Waals surface area contributed by atoms with Gasteiger partial charge in [-0.05, 0) is 38.1 Å². The standard InChI is InChI=1S/C15H18N4O3.ClH/c1-2-19-14(21)11-4-3-9(7-12(11)18-15(19)22)13(20)17-10-5-6-16-8-10;/h3-4,7,10,16H,2,5-6,8H2,1H3,(H,17,20)(H,18,22);1H. The highest BCUT2D eigenvalue weighted by Crippen LogP contribution is 2.10. The first-order valence-electron chi connectivity index (χ1n) is 7.38. The predicted octanol–water partition coefficient (Wildman–Crippen LogP) is 0.223. The number of amides is 1. The minimum atomic E-state index is -0.461. The quantitative estimate of drug-likeness (QED) is 0.746. The normalized spacial score (nSPS) is 17.0. The molecule has 1 unspecified atom stereocenters. The van der Waals surface area contributed by atoms with Crippen molar-refractivity contribution in [3.05, 3.63) is 44.6 Å². The van der Waals surface area contributed by atoms with Crippen LogP contribution in [-0.2, 0) is 6.54 Å². The Morgan fingerprint density at radius 2 is 2.17 bits per heavy atom. The number of carbonyl (C=O) groups excluding carboxylic acids is 1.